The van der Waals surface area contributed by atoms with Gasteiger partial charge in [0.2, 0.25) is 5.91 Å². The molecular formula is C14H20N2O2S. The van der Waals surface area contributed by atoms with Gasteiger partial charge in [-0.3, -0.25) is 9.59 Å². The van der Waals surface area contributed by atoms with Crippen LogP contribution in [0.4, 0.5) is 5.00 Å². The summed E-state index contributed by atoms with van der Waals surface area (Å²) in [4.78, 5) is 24.3. The summed E-state index contributed by atoms with van der Waals surface area (Å²) in [6, 6.07) is 1.87. The molecule has 0 spiro atoms. The van der Waals surface area contributed by atoms with Crippen LogP contribution in [-0.2, 0) is 4.79 Å². The van der Waals surface area contributed by atoms with Gasteiger partial charge in [-0.25, -0.2) is 0 Å². The lowest BCUT2D eigenvalue weighted by atomic mass is 10.2. The monoisotopic (exact) mass is 280 g/mol. The fourth-order valence-corrected chi connectivity index (χ4v) is 2.79. The maximum absolute atomic E-state index is 12.0. The third-order valence-electron chi connectivity index (χ3n) is 3.13. The molecule has 5 heteroatoms. The Morgan fingerprint density at radius 1 is 1.42 bits per heavy atom. The Labute approximate surface area is 117 Å². The second-order valence-electron chi connectivity index (χ2n) is 5.00. The molecule has 1 aromatic rings. The number of anilines is 1. The highest BCUT2D eigenvalue weighted by atomic mass is 32.1. The highest BCUT2D eigenvalue weighted by molar-refractivity contribution is 7.18. The number of carbonyl (C=O) groups excluding carboxylic acids is 2. The quantitative estimate of drug-likeness (QED) is 0.787. The van der Waals surface area contributed by atoms with E-state index in [4.69, 9.17) is 0 Å². The Bertz CT molecular complexity index is 478. The third-order valence-corrected chi connectivity index (χ3v) is 4.29. The summed E-state index contributed by atoms with van der Waals surface area (Å²) >= 11 is 1.36. The lowest BCUT2D eigenvalue weighted by Gasteiger charge is -2.02. The Balaban J connectivity index is 1.95. The minimum Gasteiger partial charge on any atom is -0.351 e. The lowest BCUT2D eigenvalue weighted by Crippen LogP contribution is -2.23. The van der Waals surface area contributed by atoms with Crippen molar-refractivity contribution < 1.29 is 9.59 Å². The molecule has 2 N–H and O–H groups in total. The van der Waals surface area contributed by atoms with Gasteiger partial charge in [0.15, 0.2) is 0 Å². The highest BCUT2D eigenvalue weighted by Crippen LogP contribution is 2.32. The van der Waals surface area contributed by atoms with Gasteiger partial charge in [0, 0.05) is 12.5 Å². The molecule has 1 aliphatic carbocycles. The van der Waals surface area contributed by atoms with Crippen LogP contribution >= 0.6 is 11.3 Å². The molecule has 0 atom stereocenters. The first kappa shape index (κ1) is 14.1. The number of nitrogens with one attached hydrogen (secondary N) is 2. The largest absolute Gasteiger partial charge is 0.351 e. The van der Waals surface area contributed by atoms with Gasteiger partial charge in [0.25, 0.3) is 5.91 Å². The normalized spacial score (nSPS) is 14.2. The van der Waals surface area contributed by atoms with E-state index in [9.17, 15) is 9.59 Å². The molecule has 0 radical (unpaired) electrons. The van der Waals surface area contributed by atoms with Gasteiger partial charge in [0.1, 0.15) is 0 Å². The lowest BCUT2D eigenvalue weighted by molar-refractivity contribution is -0.117. The van der Waals surface area contributed by atoms with Crippen molar-refractivity contribution in [2.45, 2.75) is 39.5 Å². The van der Waals surface area contributed by atoms with Crippen molar-refractivity contribution in [1.82, 2.24) is 5.32 Å². The summed E-state index contributed by atoms with van der Waals surface area (Å²) in [7, 11) is 0. The molecule has 19 heavy (non-hydrogen) atoms. The Hall–Kier alpha value is -1.36. The van der Waals surface area contributed by atoms with E-state index < -0.39 is 0 Å². The predicted molar refractivity (Wildman–Crippen MR) is 77.7 cm³/mol. The zero-order chi connectivity index (χ0) is 13.8. The van der Waals surface area contributed by atoms with Gasteiger partial charge < -0.3 is 10.6 Å². The van der Waals surface area contributed by atoms with E-state index in [2.05, 4.69) is 17.6 Å². The van der Waals surface area contributed by atoms with Crippen molar-refractivity contribution in [3.63, 3.8) is 0 Å². The highest BCUT2D eigenvalue weighted by Gasteiger charge is 2.30. The van der Waals surface area contributed by atoms with E-state index in [1.807, 2.05) is 13.0 Å². The molecule has 4 nitrogen and oxygen atoms in total. The Kier molecular flexibility index (Phi) is 4.58. The standard InChI is InChI=1S/C14H20N2O2S/c1-3-4-7-15-14(18)12-9(2)8-11(19-12)16-13(17)10-5-6-10/h8,10H,3-7H2,1-2H3,(H,15,18)(H,16,17). The Morgan fingerprint density at radius 3 is 2.79 bits per heavy atom. The number of hydrogen-bond donors (Lipinski definition) is 2. The number of aryl methyl sites for hydroxylation is 1. The second-order valence-corrected chi connectivity index (χ2v) is 6.05. The predicted octanol–water partition coefficient (Wildman–Crippen LogP) is 2.93. The van der Waals surface area contributed by atoms with Gasteiger partial charge in [-0.2, -0.15) is 0 Å². The number of hydrogen-bond acceptors (Lipinski definition) is 3. The van der Waals surface area contributed by atoms with E-state index in [1.165, 1.54) is 11.3 Å². The minimum atomic E-state index is -0.0390. The van der Waals surface area contributed by atoms with Crippen LogP contribution in [0.25, 0.3) is 0 Å². The molecular weight excluding hydrogens is 260 g/mol. The van der Waals surface area contributed by atoms with Gasteiger partial charge in [0.05, 0.1) is 9.88 Å². The van der Waals surface area contributed by atoms with Crippen LogP contribution in [0, 0.1) is 12.8 Å². The van der Waals surface area contributed by atoms with E-state index in [1.54, 1.807) is 0 Å². The summed E-state index contributed by atoms with van der Waals surface area (Å²) in [5.74, 6) is 0.228. The number of rotatable bonds is 6. The van der Waals surface area contributed by atoms with Crippen molar-refractivity contribution >= 4 is 28.2 Å². The zero-order valence-corrected chi connectivity index (χ0v) is 12.2. The van der Waals surface area contributed by atoms with Crippen molar-refractivity contribution in [3.8, 4) is 0 Å². The number of thiophene rings is 1. The van der Waals surface area contributed by atoms with Gasteiger partial charge in [-0.05, 0) is 37.8 Å². The van der Waals surface area contributed by atoms with Crippen molar-refractivity contribution in [2.24, 2.45) is 5.92 Å². The molecule has 0 aromatic carbocycles. The summed E-state index contributed by atoms with van der Waals surface area (Å²) < 4.78 is 0. The van der Waals surface area contributed by atoms with E-state index >= 15 is 0 Å². The summed E-state index contributed by atoms with van der Waals surface area (Å²) in [5.41, 5.74) is 0.921. The van der Waals surface area contributed by atoms with E-state index in [0.29, 0.717) is 11.4 Å². The molecule has 1 heterocycles. The third kappa shape index (κ3) is 3.80. The molecule has 0 unspecified atom stereocenters. The minimum absolute atomic E-state index is 0.0390. The SMILES string of the molecule is CCCCNC(=O)c1sc(NC(=O)C2CC2)cc1C. The molecule has 104 valence electrons. The molecule has 1 saturated carbocycles. The average Bonchev–Trinajstić information content (AvgIpc) is 3.15. The average molecular weight is 280 g/mol. The first-order valence-electron chi connectivity index (χ1n) is 6.81. The summed E-state index contributed by atoms with van der Waals surface area (Å²) in [6.07, 6.45) is 4.02. The zero-order valence-electron chi connectivity index (χ0n) is 11.4. The van der Waals surface area contributed by atoms with Crippen LogP contribution in [-0.4, -0.2) is 18.4 Å². The van der Waals surface area contributed by atoms with Crippen LogP contribution in [0.3, 0.4) is 0 Å². The van der Waals surface area contributed by atoms with Crippen molar-refractivity contribution in [2.75, 3.05) is 11.9 Å². The fraction of sp³-hybridized carbons (Fsp3) is 0.571. The molecule has 2 rings (SSSR count). The molecule has 0 saturated heterocycles. The Morgan fingerprint density at radius 2 is 2.16 bits per heavy atom. The second kappa shape index (κ2) is 6.19. The fourth-order valence-electron chi connectivity index (χ4n) is 1.80. The molecule has 1 aromatic heterocycles. The number of carbonyl (C=O) groups is 2. The van der Waals surface area contributed by atoms with Gasteiger partial charge >= 0.3 is 0 Å². The smallest absolute Gasteiger partial charge is 0.261 e. The summed E-state index contributed by atoms with van der Waals surface area (Å²) in [6.45, 7) is 4.70. The summed E-state index contributed by atoms with van der Waals surface area (Å²) in [5, 5.41) is 6.56. The van der Waals surface area contributed by atoms with Gasteiger partial charge in [-0.1, -0.05) is 13.3 Å². The maximum atomic E-state index is 12.0. The molecule has 0 bridgehead atoms. The molecule has 1 aliphatic rings. The van der Waals surface area contributed by atoms with Crippen molar-refractivity contribution in [3.05, 3.63) is 16.5 Å². The van der Waals surface area contributed by atoms with Crippen LogP contribution in [0.15, 0.2) is 6.07 Å². The first-order chi connectivity index (χ1) is 9.11. The molecule has 1 fully saturated rings. The number of unbranched alkanes of at least 4 members (excludes halogenated alkanes) is 1. The molecule has 0 aliphatic heterocycles. The molecule has 2 amide bonds. The van der Waals surface area contributed by atoms with E-state index in [0.717, 1.165) is 36.2 Å². The van der Waals surface area contributed by atoms with Crippen molar-refractivity contribution in [1.29, 1.82) is 0 Å². The van der Waals surface area contributed by atoms with Crippen LogP contribution in [0.5, 0.6) is 0 Å². The number of amides is 2. The van der Waals surface area contributed by atoms with Crippen LogP contribution < -0.4 is 10.6 Å². The first-order valence-corrected chi connectivity index (χ1v) is 7.63. The van der Waals surface area contributed by atoms with E-state index in [-0.39, 0.29) is 17.7 Å². The topological polar surface area (TPSA) is 58.2 Å². The van der Waals surface area contributed by atoms with Gasteiger partial charge in [-0.15, -0.1) is 11.3 Å². The maximum Gasteiger partial charge on any atom is 0.261 e. The van der Waals surface area contributed by atoms with Crippen LogP contribution in [0.1, 0.15) is 47.8 Å². The van der Waals surface area contributed by atoms with Crippen LogP contribution in [0.2, 0.25) is 0 Å².